The summed E-state index contributed by atoms with van der Waals surface area (Å²) in [5.74, 6) is 0.694. The molecule has 0 fully saturated rings. The maximum absolute atomic E-state index is 5.28. The average Bonchev–Trinajstić information content (AvgIpc) is 3.56. The second kappa shape index (κ2) is 11.2. The van der Waals surface area contributed by atoms with Crippen LogP contribution in [-0.2, 0) is 0 Å². The van der Waals surface area contributed by atoms with Gasteiger partial charge < -0.3 is 0 Å². The third-order valence-electron chi connectivity index (χ3n) is 9.47. The van der Waals surface area contributed by atoms with Gasteiger partial charge in [-0.15, -0.1) is 11.3 Å². The normalized spacial score (nSPS) is 11.7. The van der Waals surface area contributed by atoms with Crippen LogP contribution in [0.3, 0.4) is 0 Å². The molecule has 0 saturated carbocycles. The lowest BCUT2D eigenvalue weighted by Gasteiger charge is -2.13. The molecule has 3 nitrogen and oxygen atoms in total. The van der Waals surface area contributed by atoms with Gasteiger partial charge in [-0.3, -0.25) is 0 Å². The van der Waals surface area contributed by atoms with Crippen molar-refractivity contribution in [3.05, 3.63) is 164 Å². The fourth-order valence-electron chi connectivity index (χ4n) is 7.12. The predicted octanol–water partition coefficient (Wildman–Crippen LogP) is 12.4. The zero-order chi connectivity index (χ0) is 32.3. The van der Waals surface area contributed by atoms with Gasteiger partial charge >= 0.3 is 0 Å². The molecule has 228 valence electrons. The van der Waals surface area contributed by atoms with Crippen molar-refractivity contribution < 1.29 is 0 Å². The molecule has 3 heterocycles. The van der Waals surface area contributed by atoms with Gasteiger partial charge in [0.2, 0.25) is 0 Å². The number of hydrogen-bond donors (Lipinski definition) is 0. The Hall–Kier alpha value is -6.23. The molecule has 3 aromatic heterocycles. The van der Waals surface area contributed by atoms with Crippen LogP contribution in [0.2, 0.25) is 0 Å². The largest absolute Gasteiger partial charge is 0.247 e. The van der Waals surface area contributed by atoms with Crippen LogP contribution in [0.15, 0.2) is 164 Å². The molecule has 0 aliphatic heterocycles. The molecule has 0 unspecified atom stereocenters. The van der Waals surface area contributed by atoms with Crippen LogP contribution < -0.4 is 0 Å². The van der Waals surface area contributed by atoms with Gasteiger partial charge in [-0.05, 0) is 35.4 Å². The summed E-state index contributed by atoms with van der Waals surface area (Å²) in [6.07, 6.45) is 0. The van der Waals surface area contributed by atoms with E-state index in [0.717, 1.165) is 49.9 Å². The van der Waals surface area contributed by atoms with Gasteiger partial charge in [0.1, 0.15) is 0 Å². The fraction of sp³-hybridized carbons (Fsp3) is 0. The molecular formula is C45H27N3S. The van der Waals surface area contributed by atoms with Crippen LogP contribution in [-0.4, -0.2) is 15.0 Å². The Balaban J connectivity index is 1.15. The van der Waals surface area contributed by atoms with Crippen molar-refractivity contribution in [3.8, 4) is 45.0 Å². The highest BCUT2D eigenvalue weighted by Crippen LogP contribution is 2.43. The summed E-state index contributed by atoms with van der Waals surface area (Å²) >= 11 is 1.86. The zero-order valence-electron chi connectivity index (χ0n) is 26.3. The van der Waals surface area contributed by atoms with E-state index >= 15 is 0 Å². The van der Waals surface area contributed by atoms with Crippen LogP contribution in [0.5, 0.6) is 0 Å². The Morgan fingerprint density at radius 3 is 1.78 bits per heavy atom. The highest BCUT2D eigenvalue weighted by molar-refractivity contribution is 7.26. The van der Waals surface area contributed by atoms with Gasteiger partial charge in [-0.25, -0.2) is 15.0 Å². The fourth-order valence-corrected chi connectivity index (χ4v) is 8.38. The van der Waals surface area contributed by atoms with Crippen molar-refractivity contribution in [1.82, 2.24) is 15.0 Å². The number of nitrogens with zero attached hydrogens (tertiary/aromatic N) is 3. The topological polar surface area (TPSA) is 38.7 Å². The van der Waals surface area contributed by atoms with E-state index in [1.165, 1.54) is 42.1 Å². The number of hydrogen-bond acceptors (Lipinski definition) is 4. The van der Waals surface area contributed by atoms with E-state index < -0.39 is 0 Å². The summed E-state index contributed by atoms with van der Waals surface area (Å²) in [5.41, 5.74) is 9.23. The minimum atomic E-state index is 0.694. The van der Waals surface area contributed by atoms with Crippen molar-refractivity contribution in [2.24, 2.45) is 0 Å². The zero-order valence-corrected chi connectivity index (χ0v) is 27.2. The molecule has 49 heavy (non-hydrogen) atoms. The lowest BCUT2D eigenvalue weighted by molar-refractivity contribution is 1.23. The minimum Gasteiger partial charge on any atom is -0.247 e. The Kier molecular flexibility index (Phi) is 6.36. The lowest BCUT2D eigenvalue weighted by Crippen LogP contribution is -1.96. The van der Waals surface area contributed by atoms with Crippen molar-refractivity contribution in [3.63, 3.8) is 0 Å². The van der Waals surface area contributed by atoms with Crippen LogP contribution in [0.1, 0.15) is 0 Å². The first kappa shape index (κ1) is 27.8. The van der Waals surface area contributed by atoms with E-state index in [4.69, 9.17) is 15.0 Å². The molecule has 0 aliphatic rings. The van der Waals surface area contributed by atoms with E-state index in [0.29, 0.717) is 5.82 Å². The van der Waals surface area contributed by atoms with E-state index in [1.807, 2.05) is 23.5 Å². The Morgan fingerprint density at radius 2 is 0.939 bits per heavy atom. The molecule has 4 heteroatoms. The highest BCUT2D eigenvalue weighted by atomic mass is 32.1. The summed E-state index contributed by atoms with van der Waals surface area (Å²) in [6.45, 7) is 0. The molecule has 0 bridgehead atoms. The lowest BCUT2D eigenvalue weighted by atomic mass is 9.97. The van der Waals surface area contributed by atoms with E-state index in [2.05, 4.69) is 152 Å². The number of aromatic nitrogens is 3. The Morgan fingerprint density at radius 1 is 0.347 bits per heavy atom. The molecule has 10 rings (SSSR count). The molecule has 7 aromatic carbocycles. The van der Waals surface area contributed by atoms with E-state index in [9.17, 15) is 0 Å². The van der Waals surface area contributed by atoms with Gasteiger partial charge in [0.25, 0.3) is 0 Å². The van der Waals surface area contributed by atoms with Gasteiger partial charge in [-0.2, -0.15) is 0 Å². The first-order chi connectivity index (χ1) is 24.3. The highest BCUT2D eigenvalue weighted by Gasteiger charge is 2.17. The number of para-hydroxylation sites is 2. The summed E-state index contributed by atoms with van der Waals surface area (Å²) < 4.78 is 2.60. The molecule has 0 amide bonds. The first-order valence-electron chi connectivity index (χ1n) is 16.4. The monoisotopic (exact) mass is 641 g/mol. The molecule has 0 N–H and O–H groups in total. The molecule has 10 aromatic rings. The number of thiophene rings is 1. The average molecular weight is 642 g/mol. The second-order valence-electron chi connectivity index (χ2n) is 12.4. The second-order valence-corrected chi connectivity index (χ2v) is 13.4. The Labute approximate surface area is 286 Å². The van der Waals surface area contributed by atoms with Crippen molar-refractivity contribution in [2.45, 2.75) is 0 Å². The van der Waals surface area contributed by atoms with Gasteiger partial charge in [0.05, 0.1) is 22.4 Å². The maximum Gasteiger partial charge on any atom is 0.160 e. The van der Waals surface area contributed by atoms with Crippen LogP contribution in [0.4, 0.5) is 0 Å². The molecule has 0 radical (unpaired) electrons. The number of benzene rings is 7. The van der Waals surface area contributed by atoms with Gasteiger partial charge in [0, 0.05) is 58.4 Å². The molecule has 0 atom stereocenters. The Bertz CT molecular complexity index is 2870. The molecule has 0 spiro atoms. The number of rotatable bonds is 4. The number of fused-ring (bicyclic) bond motifs is 8. The van der Waals surface area contributed by atoms with E-state index in [1.54, 1.807) is 0 Å². The van der Waals surface area contributed by atoms with Gasteiger partial charge in [0.15, 0.2) is 5.82 Å². The van der Waals surface area contributed by atoms with Crippen LogP contribution >= 0.6 is 11.3 Å². The van der Waals surface area contributed by atoms with E-state index in [-0.39, 0.29) is 0 Å². The van der Waals surface area contributed by atoms with Crippen molar-refractivity contribution >= 4 is 64.1 Å². The standard InChI is InChI=1S/C45H27N3S/c1-2-11-28(12-3-1)29-21-23-30(24-22-29)42-36-17-5-8-19-39(36)47-45(48-42)32-14-10-13-31(27-32)43-37-26-25-34-33-15-6-9-20-40(33)49-44(34)41(37)35-16-4-7-18-38(35)46-43/h1-27H. The van der Waals surface area contributed by atoms with Crippen molar-refractivity contribution in [1.29, 1.82) is 0 Å². The molecular weight excluding hydrogens is 615 g/mol. The quantitative estimate of drug-likeness (QED) is 0.180. The summed E-state index contributed by atoms with van der Waals surface area (Å²) in [7, 11) is 0. The SMILES string of the molecule is c1ccc(-c2ccc(-c3nc(-c4cccc(-c5nc6ccccc6c6c5ccc5c7ccccc7sc56)c4)nc4ccccc34)cc2)cc1. The molecule has 0 saturated heterocycles. The third kappa shape index (κ3) is 4.61. The summed E-state index contributed by atoms with van der Waals surface area (Å²) in [4.78, 5) is 15.6. The van der Waals surface area contributed by atoms with Crippen molar-refractivity contribution in [2.75, 3.05) is 0 Å². The van der Waals surface area contributed by atoms with Crippen LogP contribution in [0.25, 0.3) is 97.8 Å². The van der Waals surface area contributed by atoms with Gasteiger partial charge in [-0.1, -0.05) is 140 Å². The minimum absolute atomic E-state index is 0.694. The third-order valence-corrected chi connectivity index (χ3v) is 10.7. The predicted molar refractivity (Wildman–Crippen MR) is 207 cm³/mol. The smallest absolute Gasteiger partial charge is 0.160 e. The molecule has 0 aliphatic carbocycles. The summed E-state index contributed by atoms with van der Waals surface area (Å²) in [5, 5.41) is 7.20. The van der Waals surface area contributed by atoms with Crippen LogP contribution in [0, 0.1) is 0 Å². The summed E-state index contributed by atoms with van der Waals surface area (Å²) in [6, 6.07) is 57.7. The number of pyridine rings is 1. The first-order valence-corrected chi connectivity index (χ1v) is 17.3. The maximum atomic E-state index is 5.28.